The topological polar surface area (TPSA) is 58.9 Å². The van der Waals surface area contributed by atoms with Crippen LogP contribution < -0.4 is 4.84 Å². The monoisotopic (exact) mass is 189 g/mol. The van der Waals surface area contributed by atoms with E-state index in [0.717, 1.165) is 5.56 Å². The van der Waals surface area contributed by atoms with E-state index in [9.17, 15) is 4.79 Å². The second kappa shape index (κ2) is 3.33. The third-order valence-corrected chi connectivity index (χ3v) is 1.80. The molecule has 70 valence electrons. The predicted octanol–water partition coefficient (Wildman–Crippen LogP) is 1.53. The van der Waals surface area contributed by atoms with E-state index in [2.05, 4.69) is 5.16 Å². The van der Waals surface area contributed by atoms with Crippen LogP contribution in [0.2, 0.25) is 0 Å². The highest BCUT2D eigenvalue weighted by atomic mass is 16.6. The van der Waals surface area contributed by atoms with Crippen LogP contribution in [0.3, 0.4) is 0 Å². The molecule has 4 heteroatoms. The van der Waals surface area contributed by atoms with Gasteiger partial charge in [0.15, 0.2) is 11.5 Å². The number of benzene rings is 1. The van der Waals surface area contributed by atoms with Gasteiger partial charge in [-0.05, 0) is 18.2 Å². The van der Waals surface area contributed by atoms with Crippen LogP contribution in [0.4, 0.5) is 0 Å². The molecule has 2 rings (SSSR count). The summed E-state index contributed by atoms with van der Waals surface area (Å²) in [5, 5.41) is 12.2. The molecule has 0 aromatic heterocycles. The lowest BCUT2D eigenvalue weighted by molar-refractivity contribution is -0.129. The number of para-hydroxylation sites is 1. The number of carboxylic acid groups (broad SMARTS) is 1. The fraction of sp³-hybridized carbons (Fsp3) is 0. The van der Waals surface area contributed by atoms with Crippen LogP contribution in [0.25, 0.3) is 6.08 Å². The highest BCUT2D eigenvalue weighted by molar-refractivity contribution is 6.41. The van der Waals surface area contributed by atoms with Crippen molar-refractivity contribution in [2.45, 2.75) is 0 Å². The number of nitrogens with zero attached hydrogens (tertiary/aromatic N) is 1. The van der Waals surface area contributed by atoms with Crippen molar-refractivity contribution >= 4 is 17.8 Å². The Morgan fingerprint density at radius 1 is 1.29 bits per heavy atom. The Balaban J connectivity index is 2.41. The zero-order valence-corrected chi connectivity index (χ0v) is 7.18. The molecule has 0 radical (unpaired) electrons. The summed E-state index contributed by atoms with van der Waals surface area (Å²) in [6.45, 7) is 0. The Morgan fingerprint density at radius 2 is 2.07 bits per heavy atom. The minimum absolute atomic E-state index is 0.110. The number of oxime groups is 1. The Morgan fingerprint density at radius 3 is 2.86 bits per heavy atom. The number of hydrogen-bond donors (Lipinski definition) is 1. The summed E-state index contributed by atoms with van der Waals surface area (Å²) in [6, 6.07) is 7.20. The quantitative estimate of drug-likeness (QED) is 0.728. The van der Waals surface area contributed by atoms with Gasteiger partial charge in [0.1, 0.15) is 0 Å². The molecule has 1 aromatic rings. The first-order valence-corrected chi connectivity index (χ1v) is 4.03. The summed E-state index contributed by atoms with van der Waals surface area (Å²) in [7, 11) is 0. The Kier molecular flexibility index (Phi) is 2.02. The summed E-state index contributed by atoms with van der Waals surface area (Å²) in [5.74, 6) is -0.547. The van der Waals surface area contributed by atoms with Crippen LogP contribution in [0, 0.1) is 0 Å². The first kappa shape index (κ1) is 8.50. The van der Waals surface area contributed by atoms with Crippen molar-refractivity contribution < 1.29 is 14.7 Å². The molecule has 0 spiro atoms. The first-order chi connectivity index (χ1) is 6.77. The fourth-order valence-corrected chi connectivity index (χ4v) is 1.11. The maximum absolute atomic E-state index is 10.6. The molecule has 1 aromatic carbocycles. The van der Waals surface area contributed by atoms with Crippen molar-refractivity contribution in [3.63, 3.8) is 0 Å². The van der Waals surface area contributed by atoms with Crippen LogP contribution in [0.15, 0.2) is 35.5 Å². The summed E-state index contributed by atoms with van der Waals surface area (Å²) in [5.41, 5.74) is 0.703. The number of carboxylic acids is 1. The lowest BCUT2D eigenvalue weighted by atomic mass is 10.2. The average Bonchev–Trinajstić information content (AvgIpc) is 2.39. The third kappa shape index (κ3) is 1.50. The SMILES string of the molecule is O=C(O)C1=NOc2ccccc2C=C1. The van der Waals surface area contributed by atoms with Gasteiger partial charge in [-0.3, -0.25) is 0 Å². The maximum Gasteiger partial charge on any atom is 0.357 e. The summed E-state index contributed by atoms with van der Waals surface area (Å²) < 4.78 is 0. The van der Waals surface area contributed by atoms with Crippen molar-refractivity contribution in [2.24, 2.45) is 5.16 Å². The molecule has 0 amide bonds. The average molecular weight is 189 g/mol. The van der Waals surface area contributed by atoms with Gasteiger partial charge >= 0.3 is 5.97 Å². The summed E-state index contributed by atoms with van der Waals surface area (Å²) in [4.78, 5) is 15.6. The lowest BCUT2D eigenvalue weighted by Crippen LogP contribution is -2.10. The molecule has 0 bridgehead atoms. The number of fused-ring (bicyclic) bond motifs is 1. The Labute approximate surface area is 80.1 Å². The normalized spacial score (nSPS) is 13.6. The minimum Gasteiger partial charge on any atom is -0.476 e. The van der Waals surface area contributed by atoms with Crippen LogP contribution in [0.1, 0.15) is 5.56 Å². The molecule has 4 nitrogen and oxygen atoms in total. The smallest absolute Gasteiger partial charge is 0.357 e. The molecule has 1 aliphatic rings. The van der Waals surface area contributed by atoms with Crippen LogP contribution in [-0.2, 0) is 4.79 Å². The Hall–Kier alpha value is -2.10. The van der Waals surface area contributed by atoms with E-state index in [0.29, 0.717) is 5.75 Å². The molecule has 0 aliphatic carbocycles. The zero-order valence-electron chi connectivity index (χ0n) is 7.18. The number of aliphatic carboxylic acids is 1. The molecular formula is C10H7NO3. The Bertz CT molecular complexity index is 435. The van der Waals surface area contributed by atoms with Crippen molar-refractivity contribution in [3.05, 3.63) is 35.9 Å². The van der Waals surface area contributed by atoms with Gasteiger partial charge in [0, 0.05) is 5.56 Å². The van der Waals surface area contributed by atoms with E-state index < -0.39 is 5.97 Å². The van der Waals surface area contributed by atoms with Crippen molar-refractivity contribution in [3.8, 4) is 5.75 Å². The van der Waals surface area contributed by atoms with Crippen molar-refractivity contribution in [2.75, 3.05) is 0 Å². The van der Waals surface area contributed by atoms with Crippen LogP contribution >= 0.6 is 0 Å². The molecule has 1 N–H and O–H groups in total. The van der Waals surface area contributed by atoms with E-state index >= 15 is 0 Å². The van der Waals surface area contributed by atoms with E-state index in [-0.39, 0.29) is 5.71 Å². The molecule has 1 aliphatic heterocycles. The third-order valence-electron chi connectivity index (χ3n) is 1.80. The zero-order chi connectivity index (χ0) is 9.97. The van der Waals surface area contributed by atoms with Crippen LogP contribution in [0.5, 0.6) is 5.75 Å². The van der Waals surface area contributed by atoms with Crippen molar-refractivity contribution in [1.29, 1.82) is 0 Å². The van der Waals surface area contributed by atoms with Gasteiger partial charge in [-0.25, -0.2) is 4.79 Å². The maximum atomic E-state index is 10.6. The molecule has 0 saturated carbocycles. The second-order valence-corrected chi connectivity index (χ2v) is 2.74. The van der Waals surface area contributed by atoms with Gasteiger partial charge in [-0.15, -0.1) is 0 Å². The lowest BCUT2D eigenvalue weighted by Gasteiger charge is -1.99. The molecule has 14 heavy (non-hydrogen) atoms. The molecule has 0 fully saturated rings. The molecular weight excluding hydrogens is 182 g/mol. The van der Waals surface area contributed by atoms with Gasteiger partial charge in [-0.1, -0.05) is 23.4 Å². The van der Waals surface area contributed by atoms with Gasteiger partial charge in [0.25, 0.3) is 0 Å². The van der Waals surface area contributed by atoms with Gasteiger partial charge in [0.05, 0.1) is 0 Å². The second-order valence-electron chi connectivity index (χ2n) is 2.74. The minimum atomic E-state index is -1.10. The largest absolute Gasteiger partial charge is 0.476 e. The summed E-state index contributed by atoms with van der Waals surface area (Å²) in [6.07, 6.45) is 3.07. The van der Waals surface area contributed by atoms with Gasteiger partial charge in [-0.2, -0.15) is 0 Å². The molecule has 0 saturated heterocycles. The van der Waals surface area contributed by atoms with Crippen LogP contribution in [-0.4, -0.2) is 16.8 Å². The summed E-state index contributed by atoms with van der Waals surface area (Å²) >= 11 is 0. The molecule has 0 unspecified atom stereocenters. The predicted molar refractivity (Wildman–Crippen MR) is 51.2 cm³/mol. The molecule has 1 heterocycles. The highest BCUT2D eigenvalue weighted by Crippen LogP contribution is 2.21. The number of carbonyl (C=O) groups is 1. The highest BCUT2D eigenvalue weighted by Gasteiger charge is 2.10. The number of hydrogen-bond acceptors (Lipinski definition) is 3. The number of rotatable bonds is 1. The van der Waals surface area contributed by atoms with E-state index in [1.807, 2.05) is 12.1 Å². The van der Waals surface area contributed by atoms with Gasteiger partial charge < -0.3 is 9.94 Å². The van der Waals surface area contributed by atoms with E-state index in [1.54, 1.807) is 18.2 Å². The van der Waals surface area contributed by atoms with E-state index in [1.165, 1.54) is 6.08 Å². The van der Waals surface area contributed by atoms with Crippen molar-refractivity contribution in [1.82, 2.24) is 0 Å². The first-order valence-electron chi connectivity index (χ1n) is 4.03. The standard InChI is InChI=1S/C10H7NO3/c12-10(13)8-6-5-7-3-1-2-4-9(7)14-11-8/h1-6H,(H,12,13). The van der Waals surface area contributed by atoms with Gasteiger partial charge in [0.2, 0.25) is 0 Å². The van der Waals surface area contributed by atoms with E-state index in [4.69, 9.17) is 9.94 Å². The molecule has 0 atom stereocenters. The fourth-order valence-electron chi connectivity index (χ4n) is 1.11.